The molecule has 0 saturated heterocycles. The largest absolute Gasteiger partial charge is 0.241 e. The molecule has 1 saturated carbocycles. The fourth-order valence-electron chi connectivity index (χ4n) is 2.45. The molecule has 1 aliphatic rings. The van der Waals surface area contributed by atoms with E-state index >= 15 is 0 Å². The van der Waals surface area contributed by atoms with Crippen LogP contribution in [0.4, 0.5) is 8.78 Å². The molecule has 3 rings (SSSR count). The number of rotatable bonds is 5. The van der Waals surface area contributed by atoms with Crippen LogP contribution in [-0.4, -0.2) is 8.42 Å². The molecule has 0 aromatic heterocycles. The van der Waals surface area contributed by atoms with Crippen LogP contribution >= 0.6 is 11.6 Å². The molecule has 0 radical (unpaired) electrons. The lowest BCUT2D eigenvalue weighted by molar-refractivity contribution is 0.524. The first kappa shape index (κ1) is 16.4. The molecule has 2 aromatic carbocycles. The van der Waals surface area contributed by atoms with Gasteiger partial charge in [0.1, 0.15) is 11.6 Å². The Bertz CT molecular complexity index is 800. The number of nitrogens with one attached hydrogen (secondary N) is 1. The van der Waals surface area contributed by atoms with Crippen LogP contribution < -0.4 is 4.72 Å². The Labute approximate surface area is 138 Å². The molecule has 0 bridgehead atoms. The lowest BCUT2D eigenvalue weighted by Crippen LogP contribution is -2.30. The van der Waals surface area contributed by atoms with E-state index in [-0.39, 0.29) is 5.92 Å². The minimum Gasteiger partial charge on any atom is -0.207 e. The molecule has 7 heteroatoms. The molecule has 3 nitrogen and oxygen atoms in total. The maximum absolute atomic E-state index is 13.3. The van der Waals surface area contributed by atoms with Gasteiger partial charge in [-0.15, -0.1) is 0 Å². The predicted octanol–water partition coefficient (Wildman–Crippen LogP) is 4.05. The van der Waals surface area contributed by atoms with Gasteiger partial charge in [0, 0.05) is 17.1 Å². The molecule has 23 heavy (non-hydrogen) atoms. The van der Waals surface area contributed by atoms with Crippen LogP contribution in [0.2, 0.25) is 5.02 Å². The fraction of sp³-hybridized carbons (Fsp3) is 0.250. The highest BCUT2D eigenvalue weighted by molar-refractivity contribution is 7.89. The van der Waals surface area contributed by atoms with E-state index in [1.165, 1.54) is 0 Å². The van der Waals surface area contributed by atoms with E-state index in [2.05, 4.69) is 4.72 Å². The summed E-state index contributed by atoms with van der Waals surface area (Å²) in [5.74, 6) is -1.69. The molecular weight excluding hydrogens is 344 g/mol. The molecule has 0 heterocycles. The van der Waals surface area contributed by atoms with Crippen molar-refractivity contribution < 1.29 is 17.2 Å². The molecule has 1 atom stereocenters. The number of hydrogen-bond acceptors (Lipinski definition) is 2. The molecule has 0 unspecified atom stereocenters. The van der Waals surface area contributed by atoms with E-state index in [4.69, 9.17) is 11.6 Å². The number of sulfonamides is 1. The normalized spacial score (nSPS) is 16.3. The smallest absolute Gasteiger partial charge is 0.207 e. The number of hydrogen-bond donors (Lipinski definition) is 1. The van der Waals surface area contributed by atoms with Crippen molar-refractivity contribution in [3.63, 3.8) is 0 Å². The summed E-state index contributed by atoms with van der Waals surface area (Å²) in [5.41, 5.74) is 0.775. The lowest BCUT2D eigenvalue weighted by Gasteiger charge is -2.19. The minimum absolute atomic E-state index is 0.171. The van der Waals surface area contributed by atoms with Gasteiger partial charge < -0.3 is 0 Å². The van der Waals surface area contributed by atoms with Crippen molar-refractivity contribution in [1.82, 2.24) is 4.72 Å². The van der Waals surface area contributed by atoms with Crippen LogP contribution in [0.25, 0.3) is 0 Å². The second kappa shape index (κ2) is 6.19. The second-order valence-corrected chi connectivity index (χ2v) is 7.74. The number of benzene rings is 2. The molecule has 0 spiro atoms. The number of halogens is 3. The van der Waals surface area contributed by atoms with E-state index in [0.29, 0.717) is 11.1 Å². The average molecular weight is 358 g/mol. The van der Waals surface area contributed by atoms with Crippen molar-refractivity contribution in [2.45, 2.75) is 23.8 Å². The zero-order valence-electron chi connectivity index (χ0n) is 12.0. The van der Waals surface area contributed by atoms with Crippen LogP contribution in [0.1, 0.15) is 24.4 Å². The Morgan fingerprint density at radius 2 is 1.61 bits per heavy atom. The first-order valence-corrected chi connectivity index (χ1v) is 8.95. The third kappa shape index (κ3) is 3.88. The van der Waals surface area contributed by atoms with Crippen LogP contribution in [0.15, 0.2) is 47.4 Å². The molecule has 0 aliphatic heterocycles. The quantitative estimate of drug-likeness (QED) is 0.877. The summed E-state index contributed by atoms with van der Waals surface area (Å²) in [6, 6.07) is 8.67. The molecule has 2 aromatic rings. The summed E-state index contributed by atoms with van der Waals surface area (Å²) in [4.78, 5) is -0.422. The summed E-state index contributed by atoms with van der Waals surface area (Å²) in [7, 11) is -4.03. The summed E-state index contributed by atoms with van der Waals surface area (Å²) < 4.78 is 54.0. The van der Waals surface area contributed by atoms with Crippen molar-refractivity contribution in [2.75, 3.05) is 0 Å². The fourth-order valence-corrected chi connectivity index (χ4v) is 3.92. The van der Waals surface area contributed by atoms with Gasteiger partial charge in [-0.1, -0.05) is 23.7 Å². The highest BCUT2D eigenvalue weighted by Crippen LogP contribution is 2.42. The maximum atomic E-state index is 13.3. The van der Waals surface area contributed by atoms with Crippen molar-refractivity contribution in [3.8, 4) is 0 Å². The predicted molar refractivity (Wildman–Crippen MR) is 83.6 cm³/mol. The maximum Gasteiger partial charge on any atom is 0.241 e. The van der Waals surface area contributed by atoms with Gasteiger partial charge in [0.2, 0.25) is 10.0 Å². The van der Waals surface area contributed by atoms with E-state index in [0.717, 1.165) is 30.5 Å². The van der Waals surface area contributed by atoms with Crippen LogP contribution in [0.5, 0.6) is 0 Å². The molecule has 122 valence electrons. The molecular formula is C16H14ClF2NO2S. The van der Waals surface area contributed by atoms with Crippen molar-refractivity contribution in [3.05, 3.63) is 64.7 Å². The van der Waals surface area contributed by atoms with Gasteiger partial charge in [0.25, 0.3) is 0 Å². The lowest BCUT2D eigenvalue weighted by atomic mass is 10.0. The second-order valence-electron chi connectivity index (χ2n) is 5.59. The summed E-state index contributed by atoms with van der Waals surface area (Å²) >= 11 is 5.85. The molecule has 1 aliphatic carbocycles. The van der Waals surface area contributed by atoms with Crippen molar-refractivity contribution in [2.24, 2.45) is 5.92 Å². The van der Waals surface area contributed by atoms with Crippen LogP contribution in [-0.2, 0) is 10.0 Å². The van der Waals surface area contributed by atoms with E-state index in [1.807, 2.05) is 0 Å². The zero-order valence-corrected chi connectivity index (χ0v) is 13.5. The monoisotopic (exact) mass is 357 g/mol. The first-order chi connectivity index (χ1) is 10.8. The Morgan fingerprint density at radius 3 is 2.13 bits per heavy atom. The van der Waals surface area contributed by atoms with Gasteiger partial charge in [-0.25, -0.2) is 21.9 Å². The van der Waals surface area contributed by atoms with Gasteiger partial charge >= 0.3 is 0 Å². The SMILES string of the molecule is O=S(=O)(N[C@@H](c1ccc(Cl)cc1)C1CC1)c1cc(F)cc(F)c1. The van der Waals surface area contributed by atoms with Gasteiger partial charge in [-0.2, -0.15) is 0 Å². The topological polar surface area (TPSA) is 46.2 Å². The summed E-state index contributed by atoms with van der Waals surface area (Å²) in [6.07, 6.45) is 1.79. The van der Waals surface area contributed by atoms with Gasteiger partial charge in [-0.05, 0) is 48.6 Å². The van der Waals surface area contributed by atoms with E-state index < -0.39 is 32.6 Å². The van der Waals surface area contributed by atoms with Crippen molar-refractivity contribution >= 4 is 21.6 Å². The van der Waals surface area contributed by atoms with Crippen LogP contribution in [0, 0.1) is 17.6 Å². The molecule has 1 fully saturated rings. The highest BCUT2D eigenvalue weighted by atomic mass is 35.5. The van der Waals surface area contributed by atoms with E-state index in [1.54, 1.807) is 24.3 Å². The molecule has 1 N–H and O–H groups in total. The third-order valence-corrected chi connectivity index (χ3v) is 5.42. The average Bonchev–Trinajstić information content (AvgIpc) is 3.29. The first-order valence-electron chi connectivity index (χ1n) is 7.09. The third-order valence-electron chi connectivity index (χ3n) is 3.75. The van der Waals surface area contributed by atoms with Gasteiger partial charge in [0.15, 0.2) is 0 Å². The Balaban J connectivity index is 1.91. The van der Waals surface area contributed by atoms with Gasteiger partial charge in [0.05, 0.1) is 4.90 Å². The molecule has 0 amide bonds. The van der Waals surface area contributed by atoms with Crippen LogP contribution in [0.3, 0.4) is 0 Å². The Hall–Kier alpha value is -1.50. The van der Waals surface area contributed by atoms with Gasteiger partial charge in [-0.3, -0.25) is 0 Å². The minimum atomic E-state index is -4.03. The Morgan fingerprint density at radius 1 is 1.04 bits per heavy atom. The summed E-state index contributed by atoms with van der Waals surface area (Å²) in [6.45, 7) is 0. The Kier molecular flexibility index (Phi) is 4.40. The van der Waals surface area contributed by atoms with Crippen molar-refractivity contribution in [1.29, 1.82) is 0 Å². The zero-order chi connectivity index (χ0) is 16.6. The highest BCUT2D eigenvalue weighted by Gasteiger charge is 2.35. The van der Waals surface area contributed by atoms with E-state index in [9.17, 15) is 17.2 Å². The summed E-state index contributed by atoms with van der Waals surface area (Å²) in [5, 5.41) is 0.554. The standard InChI is InChI=1S/C16H14ClF2NO2S/c17-12-5-3-11(4-6-12)16(10-1-2-10)20-23(21,22)15-8-13(18)7-14(19)9-15/h3-10,16,20H,1-2H2/t16-/m1/s1.